The van der Waals surface area contributed by atoms with Crippen LogP contribution in [0.25, 0.3) is 0 Å². The van der Waals surface area contributed by atoms with Crippen LogP contribution in [0.1, 0.15) is 36.2 Å². The molecule has 1 saturated carbocycles. The van der Waals surface area contributed by atoms with Crippen LogP contribution in [0.2, 0.25) is 0 Å². The molecule has 6 rings (SSSR count). The second-order valence-corrected chi connectivity index (χ2v) is 7.09. The lowest BCUT2D eigenvalue weighted by atomic mass is 10.1. The zero-order valence-corrected chi connectivity index (χ0v) is 14.0. The Morgan fingerprint density at radius 2 is 2.04 bits per heavy atom. The van der Waals surface area contributed by atoms with E-state index in [2.05, 4.69) is 32.4 Å². The third-order valence-electron chi connectivity index (χ3n) is 5.02. The molecule has 9 heteroatoms. The van der Waals surface area contributed by atoms with Crippen molar-refractivity contribution in [2.75, 3.05) is 16.7 Å². The maximum absolute atomic E-state index is 6.29. The fourth-order valence-corrected chi connectivity index (χ4v) is 3.85. The molecule has 1 aromatic heterocycles. The summed E-state index contributed by atoms with van der Waals surface area (Å²) in [5.41, 5.74) is 3.33. The van der Waals surface area contributed by atoms with E-state index in [1.807, 2.05) is 29.6 Å². The highest BCUT2D eigenvalue weighted by Crippen LogP contribution is 2.45. The number of fused-ring (bicyclic) bond motifs is 6. The smallest absolute Gasteiger partial charge is 0.173 e. The molecule has 1 aliphatic carbocycles. The molecule has 1 aromatic carbocycles. The van der Waals surface area contributed by atoms with Gasteiger partial charge in [0.15, 0.2) is 12.0 Å². The lowest BCUT2D eigenvalue weighted by Gasteiger charge is -2.41. The van der Waals surface area contributed by atoms with Gasteiger partial charge in [-0.2, -0.15) is 5.12 Å². The third-order valence-corrected chi connectivity index (χ3v) is 5.22. The Morgan fingerprint density at radius 3 is 2.92 bits per heavy atom. The first-order valence-electron chi connectivity index (χ1n) is 8.34. The van der Waals surface area contributed by atoms with Gasteiger partial charge in [-0.1, -0.05) is 18.2 Å². The molecule has 4 heterocycles. The molecule has 1 fully saturated rings. The van der Waals surface area contributed by atoms with Crippen molar-refractivity contribution in [1.82, 2.24) is 24.5 Å². The number of rotatable bonds is 2. The van der Waals surface area contributed by atoms with Crippen LogP contribution in [0.4, 0.5) is 5.69 Å². The number of hydrazine groups is 1. The molecule has 4 aliphatic rings. The zero-order chi connectivity index (χ0) is 16.5. The van der Waals surface area contributed by atoms with Crippen LogP contribution in [-0.2, 0) is 0 Å². The Bertz CT molecular complexity index is 916. The Morgan fingerprint density at radius 1 is 1.16 bits per heavy atom. The van der Waals surface area contributed by atoms with E-state index in [-0.39, 0.29) is 6.17 Å². The molecule has 0 bridgehead atoms. The number of anilines is 1. The Kier molecular flexibility index (Phi) is 2.53. The average Bonchev–Trinajstić information content (AvgIpc) is 3.05. The van der Waals surface area contributed by atoms with Crippen LogP contribution in [0.5, 0.6) is 0 Å². The van der Waals surface area contributed by atoms with E-state index in [1.54, 1.807) is 15.5 Å². The summed E-state index contributed by atoms with van der Waals surface area (Å²) in [6.45, 7) is 0.593. The SMILES string of the molecule is ClN1C=C2N(C1)c1ccccc1C1N=CN(n3cc(C4CC4)nn3)N21. The summed E-state index contributed by atoms with van der Waals surface area (Å²) in [6, 6.07) is 8.30. The Labute approximate surface area is 149 Å². The number of halogens is 1. The molecule has 8 nitrogen and oxygen atoms in total. The van der Waals surface area contributed by atoms with E-state index in [4.69, 9.17) is 16.8 Å². The van der Waals surface area contributed by atoms with Crippen molar-refractivity contribution in [3.8, 4) is 0 Å². The Balaban J connectivity index is 1.45. The summed E-state index contributed by atoms with van der Waals surface area (Å²) in [5, 5.41) is 12.6. The van der Waals surface area contributed by atoms with Crippen molar-refractivity contribution >= 4 is 23.8 Å². The Hall–Kier alpha value is -2.74. The van der Waals surface area contributed by atoms with Crippen LogP contribution in [0, 0.1) is 0 Å². The van der Waals surface area contributed by atoms with Crippen LogP contribution >= 0.6 is 11.8 Å². The van der Waals surface area contributed by atoms with Gasteiger partial charge in [0, 0.05) is 23.3 Å². The maximum atomic E-state index is 6.29. The summed E-state index contributed by atoms with van der Waals surface area (Å²) < 4.78 is 1.65. The highest BCUT2D eigenvalue weighted by atomic mass is 35.5. The number of aromatic nitrogens is 3. The second kappa shape index (κ2) is 4.66. The van der Waals surface area contributed by atoms with E-state index in [1.165, 1.54) is 12.8 Å². The van der Waals surface area contributed by atoms with Gasteiger partial charge in [0.25, 0.3) is 0 Å². The van der Waals surface area contributed by atoms with Crippen LogP contribution in [-0.4, -0.2) is 37.5 Å². The van der Waals surface area contributed by atoms with Gasteiger partial charge in [-0.25, -0.2) is 10.0 Å². The van der Waals surface area contributed by atoms with Crippen molar-refractivity contribution in [3.63, 3.8) is 0 Å². The molecule has 0 spiro atoms. The summed E-state index contributed by atoms with van der Waals surface area (Å²) in [7, 11) is 0. The lowest BCUT2D eigenvalue weighted by Crippen LogP contribution is -2.51. The standard InChI is InChI=1S/C16H15ClN8/c17-21-8-15-22(10-21)14-4-2-1-3-12(14)16-18-9-24(25(15)16)23-7-13(19-20-23)11-5-6-11/h1-4,7-9,11,16H,5-6,10H2. The molecular weight excluding hydrogens is 340 g/mol. The predicted molar refractivity (Wildman–Crippen MR) is 92.8 cm³/mol. The van der Waals surface area contributed by atoms with Gasteiger partial charge in [0.05, 0.1) is 23.8 Å². The molecular formula is C16H15ClN8. The van der Waals surface area contributed by atoms with Gasteiger partial charge >= 0.3 is 0 Å². The van der Waals surface area contributed by atoms with Gasteiger partial charge in [-0.15, -0.1) is 9.89 Å². The number of hydrogen-bond donors (Lipinski definition) is 0. The number of hydrogen-bond acceptors (Lipinski definition) is 7. The van der Waals surface area contributed by atoms with Crippen molar-refractivity contribution in [2.45, 2.75) is 24.9 Å². The van der Waals surface area contributed by atoms with Crippen LogP contribution < -0.4 is 10.0 Å². The molecule has 3 aliphatic heterocycles. The minimum Gasteiger partial charge on any atom is -0.305 e. The third kappa shape index (κ3) is 1.85. The fourth-order valence-electron chi connectivity index (χ4n) is 3.66. The van der Waals surface area contributed by atoms with Gasteiger partial charge < -0.3 is 4.90 Å². The maximum Gasteiger partial charge on any atom is 0.173 e. The minimum absolute atomic E-state index is 0.129. The van der Waals surface area contributed by atoms with Gasteiger partial charge in [0.1, 0.15) is 13.0 Å². The van der Waals surface area contributed by atoms with Gasteiger partial charge in [-0.05, 0) is 24.1 Å². The van der Waals surface area contributed by atoms with E-state index in [0.29, 0.717) is 12.6 Å². The van der Waals surface area contributed by atoms with Crippen molar-refractivity contribution in [1.29, 1.82) is 0 Å². The molecule has 1 atom stereocenters. The second-order valence-electron chi connectivity index (χ2n) is 6.66. The van der Waals surface area contributed by atoms with E-state index >= 15 is 0 Å². The fraction of sp³-hybridized carbons (Fsp3) is 0.312. The first-order valence-corrected chi connectivity index (χ1v) is 8.68. The quantitative estimate of drug-likeness (QED) is 0.770. The van der Waals surface area contributed by atoms with E-state index in [0.717, 1.165) is 22.8 Å². The molecule has 0 saturated heterocycles. The molecule has 0 radical (unpaired) electrons. The van der Waals surface area contributed by atoms with E-state index < -0.39 is 0 Å². The number of benzene rings is 1. The lowest BCUT2D eigenvalue weighted by molar-refractivity contribution is 0.226. The summed E-state index contributed by atoms with van der Waals surface area (Å²) in [5.74, 6) is 1.53. The summed E-state index contributed by atoms with van der Waals surface area (Å²) >= 11 is 6.29. The largest absolute Gasteiger partial charge is 0.305 e. The van der Waals surface area contributed by atoms with Gasteiger partial charge in [0.2, 0.25) is 0 Å². The monoisotopic (exact) mass is 354 g/mol. The first kappa shape index (κ1) is 13.5. The molecule has 126 valence electrons. The molecule has 25 heavy (non-hydrogen) atoms. The van der Waals surface area contributed by atoms with Crippen LogP contribution in [0.3, 0.4) is 0 Å². The normalized spacial score (nSPS) is 23.7. The highest BCUT2D eigenvalue weighted by molar-refractivity contribution is 6.14. The summed E-state index contributed by atoms with van der Waals surface area (Å²) in [4.78, 5) is 8.65. The average molecular weight is 355 g/mol. The number of para-hydroxylation sites is 1. The first-order chi connectivity index (χ1) is 12.3. The molecule has 1 unspecified atom stereocenters. The number of nitrogens with zero attached hydrogens (tertiary/aromatic N) is 8. The topological polar surface area (TPSA) is 56.0 Å². The van der Waals surface area contributed by atoms with E-state index in [9.17, 15) is 0 Å². The highest BCUT2D eigenvalue weighted by Gasteiger charge is 2.44. The minimum atomic E-state index is -0.129. The molecule has 0 amide bonds. The number of aliphatic imine (C=N–C) groups is 1. The van der Waals surface area contributed by atoms with Crippen molar-refractivity contribution in [3.05, 3.63) is 53.7 Å². The van der Waals surface area contributed by atoms with Crippen molar-refractivity contribution < 1.29 is 0 Å². The van der Waals surface area contributed by atoms with Crippen LogP contribution in [0.15, 0.2) is 47.5 Å². The zero-order valence-electron chi connectivity index (χ0n) is 13.3. The predicted octanol–water partition coefficient (Wildman–Crippen LogP) is 2.10. The van der Waals surface area contributed by atoms with Crippen molar-refractivity contribution in [2.24, 2.45) is 4.99 Å². The molecule has 0 N–H and O–H groups in total. The summed E-state index contributed by atoms with van der Waals surface area (Å²) in [6.07, 6.45) is 7.98. The molecule has 2 aromatic rings. The van der Waals surface area contributed by atoms with Gasteiger partial charge in [-0.3, -0.25) is 4.42 Å².